The van der Waals surface area contributed by atoms with E-state index in [0.717, 1.165) is 17.0 Å². The molecule has 3 atom stereocenters. The second-order valence-electron chi connectivity index (χ2n) is 8.33. The van der Waals surface area contributed by atoms with E-state index in [2.05, 4.69) is 16.0 Å². The van der Waals surface area contributed by atoms with Crippen LogP contribution in [0.2, 0.25) is 0 Å². The Labute approximate surface area is 187 Å². The van der Waals surface area contributed by atoms with Crippen molar-refractivity contribution in [2.24, 2.45) is 0 Å². The molecule has 0 radical (unpaired) electrons. The number of halogens is 2. The van der Waals surface area contributed by atoms with E-state index in [1.54, 1.807) is 24.3 Å². The number of anilines is 2. The van der Waals surface area contributed by atoms with E-state index in [1.165, 1.54) is 4.90 Å². The summed E-state index contributed by atoms with van der Waals surface area (Å²) in [6, 6.07) is 7.91. The summed E-state index contributed by atoms with van der Waals surface area (Å²) in [5, 5.41) is 18.5. The number of β-amino-alcohol motifs (C(OH)–C–C–N with tert-alkyl or cyclic N) is 1. The highest BCUT2D eigenvalue weighted by Crippen LogP contribution is 2.31. The SMILES string of the molecule is O=C1NC2CN(c3c(F)cc(NC[C@@H](O)CN4C(=O)c5ccccc5C4=O)cc3F)CC2N1. The molecule has 2 unspecified atom stereocenters. The average molecular weight is 457 g/mol. The molecule has 4 amide bonds. The number of urea groups is 1. The van der Waals surface area contributed by atoms with Gasteiger partial charge in [0.15, 0.2) is 11.6 Å². The maximum absolute atomic E-state index is 14.7. The lowest BCUT2D eigenvalue weighted by atomic mass is 10.1. The van der Waals surface area contributed by atoms with E-state index in [1.807, 2.05) is 0 Å². The Balaban J connectivity index is 1.21. The fraction of sp³-hybridized carbons (Fsp3) is 0.318. The van der Waals surface area contributed by atoms with Crippen molar-refractivity contribution in [2.75, 3.05) is 36.4 Å². The normalized spacial score (nSPS) is 22.2. The maximum Gasteiger partial charge on any atom is 0.315 e. The second kappa shape index (κ2) is 8.00. The third-order valence-corrected chi connectivity index (χ3v) is 6.10. The number of nitrogens with zero attached hydrogens (tertiary/aromatic N) is 2. The molecule has 2 saturated heterocycles. The molecule has 0 bridgehead atoms. The lowest BCUT2D eigenvalue weighted by Gasteiger charge is -2.22. The van der Waals surface area contributed by atoms with Gasteiger partial charge in [0.25, 0.3) is 11.8 Å². The van der Waals surface area contributed by atoms with Crippen LogP contribution in [-0.2, 0) is 0 Å². The molecule has 0 aliphatic carbocycles. The van der Waals surface area contributed by atoms with Crippen molar-refractivity contribution in [1.29, 1.82) is 0 Å². The Morgan fingerprint density at radius 3 is 2.09 bits per heavy atom. The zero-order chi connectivity index (χ0) is 23.3. The zero-order valence-electron chi connectivity index (χ0n) is 17.3. The van der Waals surface area contributed by atoms with Crippen molar-refractivity contribution in [1.82, 2.24) is 15.5 Å². The predicted octanol–water partition coefficient (Wildman–Crippen LogP) is 0.904. The van der Waals surface area contributed by atoms with Gasteiger partial charge in [0.05, 0.1) is 35.9 Å². The van der Waals surface area contributed by atoms with Gasteiger partial charge in [0.2, 0.25) is 0 Å². The summed E-state index contributed by atoms with van der Waals surface area (Å²) in [5.74, 6) is -2.54. The fourth-order valence-electron chi connectivity index (χ4n) is 4.54. The van der Waals surface area contributed by atoms with Crippen LogP contribution in [0.4, 0.5) is 25.0 Å². The molecular formula is C22H21F2N5O4. The van der Waals surface area contributed by atoms with E-state index in [4.69, 9.17) is 0 Å². The van der Waals surface area contributed by atoms with E-state index in [-0.39, 0.29) is 66.8 Å². The van der Waals surface area contributed by atoms with E-state index < -0.39 is 29.6 Å². The van der Waals surface area contributed by atoms with Gasteiger partial charge in [0, 0.05) is 25.3 Å². The number of fused-ring (bicyclic) bond motifs is 2. The molecule has 0 spiro atoms. The van der Waals surface area contributed by atoms with Gasteiger partial charge in [-0.3, -0.25) is 14.5 Å². The summed E-state index contributed by atoms with van der Waals surface area (Å²) >= 11 is 0. The molecular weight excluding hydrogens is 436 g/mol. The Morgan fingerprint density at radius 1 is 1.00 bits per heavy atom. The van der Waals surface area contributed by atoms with Crippen LogP contribution >= 0.6 is 0 Å². The van der Waals surface area contributed by atoms with Crippen LogP contribution in [-0.4, -0.2) is 72.2 Å². The molecule has 33 heavy (non-hydrogen) atoms. The Kier molecular flexibility index (Phi) is 5.12. The molecule has 172 valence electrons. The lowest BCUT2D eigenvalue weighted by molar-refractivity contribution is 0.0557. The number of carbonyl (C=O) groups excluding carboxylic acids is 3. The van der Waals surface area contributed by atoms with Gasteiger partial charge in [-0.15, -0.1) is 0 Å². The van der Waals surface area contributed by atoms with Gasteiger partial charge in [-0.2, -0.15) is 0 Å². The molecule has 9 nitrogen and oxygen atoms in total. The molecule has 0 aromatic heterocycles. The van der Waals surface area contributed by atoms with Crippen LogP contribution in [0.25, 0.3) is 0 Å². The number of hydrogen-bond donors (Lipinski definition) is 4. The van der Waals surface area contributed by atoms with Crippen molar-refractivity contribution >= 4 is 29.2 Å². The van der Waals surface area contributed by atoms with Crippen molar-refractivity contribution in [3.05, 3.63) is 59.2 Å². The summed E-state index contributed by atoms with van der Waals surface area (Å²) in [7, 11) is 0. The fourth-order valence-corrected chi connectivity index (χ4v) is 4.54. The molecule has 0 saturated carbocycles. The zero-order valence-corrected chi connectivity index (χ0v) is 17.3. The van der Waals surface area contributed by atoms with Gasteiger partial charge in [-0.25, -0.2) is 13.6 Å². The molecule has 11 heteroatoms. The van der Waals surface area contributed by atoms with Gasteiger partial charge in [-0.1, -0.05) is 12.1 Å². The number of amides is 4. The van der Waals surface area contributed by atoms with E-state index in [9.17, 15) is 28.3 Å². The van der Waals surface area contributed by atoms with Crippen LogP contribution in [0.15, 0.2) is 36.4 Å². The van der Waals surface area contributed by atoms with Crippen molar-refractivity contribution < 1.29 is 28.3 Å². The van der Waals surface area contributed by atoms with Crippen molar-refractivity contribution in [3.8, 4) is 0 Å². The van der Waals surface area contributed by atoms with Crippen LogP contribution < -0.4 is 20.9 Å². The van der Waals surface area contributed by atoms with Crippen LogP contribution in [0.5, 0.6) is 0 Å². The number of hydrogen-bond acceptors (Lipinski definition) is 6. The quantitative estimate of drug-likeness (QED) is 0.480. The standard InChI is InChI=1S/C22H21F2N5O4/c23-15-5-11(6-16(24)19(15)28-9-17-18(10-28)27-22(33)26-17)25-7-12(30)8-29-20(31)13-3-1-2-4-14(13)21(29)32/h1-6,12,17-18,25,30H,7-10H2,(H2,26,27,33)/t12-,17?,18?/m1/s1. The molecule has 3 aliphatic rings. The number of aliphatic hydroxyl groups excluding tert-OH is 1. The minimum absolute atomic E-state index is 0.112. The number of nitrogens with one attached hydrogen (secondary N) is 3. The summed E-state index contributed by atoms with van der Waals surface area (Å²) in [4.78, 5) is 38.6. The minimum atomic E-state index is -1.15. The highest BCUT2D eigenvalue weighted by atomic mass is 19.1. The summed E-state index contributed by atoms with van der Waals surface area (Å²) in [6.07, 6.45) is -1.15. The van der Waals surface area contributed by atoms with Crippen LogP contribution in [0, 0.1) is 11.6 Å². The Morgan fingerprint density at radius 2 is 1.55 bits per heavy atom. The largest absolute Gasteiger partial charge is 0.389 e. The maximum atomic E-state index is 14.7. The van der Waals surface area contributed by atoms with Gasteiger partial charge in [0.1, 0.15) is 5.69 Å². The first-order chi connectivity index (χ1) is 15.8. The third kappa shape index (κ3) is 3.74. The molecule has 2 fully saturated rings. The molecule has 2 aromatic carbocycles. The Hall–Kier alpha value is -3.73. The smallest absolute Gasteiger partial charge is 0.315 e. The first kappa shape index (κ1) is 21.1. The summed E-state index contributed by atoms with van der Waals surface area (Å²) in [5.41, 5.74) is 0.491. The molecule has 3 aliphatic heterocycles. The Bertz CT molecular complexity index is 1090. The topological polar surface area (TPSA) is 114 Å². The minimum Gasteiger partial charge on any atom is -0.389 e. The molecule has 4 N–H and O–H groups in total. The first-order valence-corrected chi connectivity index (χ1v) is 10.5. The monoisotopic (exact) mass is 457 g/mol. The van der Waals surface area contributed by atoms with E-state index in [0.29, 0.717) is 0 Å². The molecule has 5 rings (SSSR count). The van der Waals surface area contributed by atoms with E-state index >= 15 is 0 Å². The van der Waals surface area contributed by atoms with Crippen molar-refractivity contribution in [3.63, 3.8) is 0 Å². The summed E-state index contributed by atoms with van der Waals surface area (Å²) in [6.45, 7) is 0.180. The number of rotatable bonds is 6. The molecule has 3 heterocycles. The lowest BCUT2D eigenvalue weighted by Crippen LogP contribution is -2.39. The number of imide groups is 1. The predicted molar refractivity (Wildman–Crippen MR) is 114 cm³/mol. The van der Waals surface area contributed by atoms with Gasteiger partial charge < -0.3 is 26.0 Å². The third-order valence-electron chi connectivity index (χ3n) is 6.10. The first-order valence-electron chi connectivity index (χ1n) is 10.5. The number of carbonyl (C=O) groups is 3. The average Bonchev–Trinajstić information content (AvgIpc) is 3.38. The van der Waals surface area contributed by atoms with Crippen LogP contribution in [0.3, 0.4) is 0 Å². The molecule has 2 aromatic rings. The number of benzene rings is 2. The van der Waals surface area contributed by atoms with Gasteiger partial charge in [-0.05, 0) is 24.3 Å². The van der Waals surface area contributed by atoms with Gasteiger partial charge >= 0.3 is 6.03 Å². The van der Waals surface area contributed by atoms with Crippen molar-refractivity contribution in [2.45, 2.75) is 18.2 Å². The van der Waals surface area contributed by atoms with Crippen LogP contribution in [0.1, 0.15) is 20.7 Å². The number of aliphatic hydroxyl groups is 1. The highest BCUT2D eigenvalue weighted by Gasteiger charge is 2.41. The summed E-state index contributed by atoms with van der Waals surface area (Å²) < 4.78 is 29.5. The highest BCUT2D eigenvalue weighted by molar-refractivity contribution is 6.21. The second-order valence-corrected chi connectivity index (χ2v) is 8.33.